The van der Waals surface area contributed by atoms with Gasteiger partial charge in [0.05, 0.1) is 18.0 Å². The zero-order chi connectivity index (χ0) is 23.1. The summed E-state index contributed by atoms with van der Waals surface area (Å²) in [7, 11) is 0. The highest BCUT2D eigenvalue weighted by Gasteiger charge is 2.32. The van der Waals surface area contributed by atoms with Gasteiger partial charge in [0.1, 0.15) is 17.2 Å². The van der Waals surface area contributed by atoms with E-state index in [9.17, 15) is 19.1 Å². The lowest BCUT2D eigenvalue weighted by Gasteiger charge is -2.15. The van der Waals surface area contributed by atoms with Crippen molar-refractivity contribution in [1.29, 1.82) is 0 Å². The van der Waals surface area contributed by atoms with Gasteiger partial charge in [0.2, 0.25) is 0 Å². The van der Waals surface area contributed by atoms with Crippen molar-refractivity contribution in [2.75, 3.05) is 5.32 Å². The summed E-state index contributed by atoms with van der Waals surface area (Å²) in [6, 6.07) is 15.0. The predicted octanol–water partition coefficient (Wildman–Crippen LogP) is 4.97. The number of carbonyl (C=O) groups excluding carboxylic acids is 2. The largest absolute Gasteiger partial charge is 0.388 e. The Morgan fingerprint density at radius 3 is 2.82 bits per heavy atom. The molecule has 2 unspecified atom stereocenters. The van der Waals surface area contributed by atoms with Crippen LogP contribution in [0.3, 0.4) is 0 Å². The number of imidazole rings is 1. The maximum atomic E-state index is 14.5. The molecule has 0 radical (unpaired) electrons. The molecule has 0 saturated heterocycles. The highest BCUT2D eigenvalue weighted by atomic mass is 79.9. The molecule has 0 aliphatic heterocycles. The number of ketones is 1. The van der Waals surface area contributed by atoms with Gasteiger partial charge < -0.3 is 10.4 Å². The Kier molecular flexibility index (Phi) is 5.55. The Balaban J connectivity index is 1.34. The van der Waals surface area contributed by atoms with Crippen molar-refractivity contribution < 1.29 is 19.1 Å². The van der Waals surface area contributed by atoms with E-state index >= 15 is 0 Å². The van der Waals surface area contributed by atoms with Crippen LogP contribution in [0.15, 0.2) is 71.5 Å². The molecular formula is C25H19BrFN3O3. The molecule has 5 rings (SSSR count). The van der Waals surface area contributed by atoms with Crippen LogP contribution in [-0.2, 0) is 6.42 Å². The van der Waals surface area contributed by atoms with Crippen molar-refractivity contribution in [2.24, 2.45) is 5.92 Å². The Bertz CT molecular complexity index is 1400. The molecule has 8 heteroatoms. The Morgan fingerprint density at radius 2 is 2.00 bits per heavy atom. The molecule has 4 aromatic rings. The number of hydrogen-bond acceptors (Lipinski definition) is 4. The van der Waals surface area contributed by atoms with Crippen molar-refractivity contribution in [3.63, 3.8) is 0 Å². The number of amides is 1. The molecule has 33 heavy (non-hydrogen) atoms. The van der Waals surface area contributed by atoms with Gasteiger partial charge in [-0.2, -0.15) is 0 Å². The number of carbonyl (C=O) groups is 2. The van der Waals surface area contributed by atoms with Crippen LogP contribution in [-0.4, -0.2) is 26.2 Å². The molecule has 2 atom stereocenters. The summed E-state index contributed by atoms with van der Waals surface area (Å²) >= 11 is 3.36. The van der Waals surface area contributed by atoms with Crippen molar-refractivity contribution in [1.82, 2.24) is 9.38 Å². The average molecular weight is 508 g/mol. The number of aromatic nitrogens is 2. The van der Waals surface area contributed by atoms with E-state index in [-0.39, 0.29) is 35.1 Å². The molecule has 1 amide bonds. The fourth-order valence-corrected chi connectivity index (χ4v) is 4.62. The van der Waals surface area contributed by atoms with Crippen LogP contribution in [0.4, 0.5) is 10.1 Å². The van der Waals surface area contributed by atoms with Crippen molar-refractivity contribution >= 4 is 39.0 Å². The zero-order valence-corrected chi connectivity index (χ0v) is 18.9. The van der Waals surface area contributed by atoms with E-state index in [0.29, 0.717) is 12.1 Å². The van der Waals surface area contributed by atoms with Gasteiger partial charge in [-0.25, -0.2) is 9.37 Å². The SMILES string of the molecule is O=C(CC1Cc2ccccc2C1O)c1ccc(F)c(NC(=O)c2cnc3cc(Br)ccn23)c1. The lowest BCUT2D eigenvalue weighted by molar-refractivity contribution is 0.0840. The smallest absolute Gasteiger partial charge is 0.274 e. The first-order valence-corrected chi connectivity index (χ1v) is 11.2. The molecule has 1 aliphatic carbocycles. The molecule has 166 valence electrons. The van der Waals surface area contributed by atoms with Crippen LogP contribution in [0.25, 0.3) is 5.65 Å². The van der Waals surface area contributed by atoms with E-state index in [1.165, 1.54) is 18.3 Å². The van der Waals surface area contributed by atoms with Crippen LogP contribution in [0.1, 0.15) is 44.5 Å². The second-order valence-electron chi connectivity index (χ2n) is 8.10. The van der Waals surface area contributed by atoms with E-state index < -0.39 is 17.8 Å². The lowest BCUT2D eigenvalue weighted by atomic mass is 9.94. The van der Waals surface area contributed by atoms with Gasteiger partial charge in [0.25, 0.3) is 5.91 Å². The number of halogens is 2. The van der Waals surface area contributed by atoms with Gasteiger partial charge in [-0.3, -0.25) is 14.0 Å². The number of anilines is 1. The van der Waals surface area contributed by atoms with E-state index in [1.807, 2.05) is 24.3 Å². The molecule has 0 spiro atoms. The molecule has 0 saturated carbocycles. The Morgan fingerprint density at radius 1 is 1.18 bits per heavy atom. The molecule has 2 heterocycles. The number of benzene rings is 2. The van der Waals surface area contributed by atoms with Crippen LogP contribution in [0.2, 0.25) is 0 Å². The molecule has 2 aromatic heterocycles. The summed E-state index contributed by atoms with van der Waals surface area (Å²) in [5, 5.41) is 13.1. The first kappa shape index (κ1) is 21.5. The quantitative estimate of drug-likeness (QED) is 0.373. The van der Waals surface area contributed by atoms with Gasteiger partial charge in [0, 0.05) is 28.6 Å². The summed E-state index contributed by atoms with van der Waals surface area (Å²) in [5.41, 5.74) is 2.87. The Hall–Kier alpha value is -3.36. The number of nitrogens with one attached hydrogen (secondary N) is 1. The number of Topliss-reactive ketones (excluding diaryl/α,β-unsaturated/α-hetero) is 1. The van der Waals surface area contributed by atoms with Gasteiger partial charge in [-0.1, -0.05) is 40.2 Å². The predicted molar refractivity (Wildman–Crippen MR) is 125 cm³/mol. The first-order valence-electron chi connectivity index (χ1n) is 10.4. The normalized spacial score (nSPS) is 17.2. The van der Waals surface area contributed by atoms with Gasteiger partial charge >= 0.3 is 0 Å². The summed E-state index contributed by atoms with van der Waals surface area (Å²) < 4.78 is 16.9. The van der Waals surface area contributed by atoms with Crippen molar-refractivity contribution in [3.05, 3.63) is 99.7 Å². The standard InChI is InChI=1S/C25H19BrFN3O3/c26-17-7-8-30-21(13-28-23(30)12-17)25(33)29-20-10-15(5-6-19(20)27)22(31)11-16-9-14-3-1-2-4-18(14)24(16)32/h1-8,10,12-13,16,24,32H,9,11H2,(H,29,33). The molecular weight excluding hydrogens is 489 g/mol. The van der Waals surface area contributed by atoms with Crippen LogP contribution < -0.4 is 5.32 Å². The van der Waals surface area contributed by atoms with E-state index in [1.54, 1.807) is 22.7 Å². The highest BCUT2D eigenvalue weighted by Crippen LogP contribution is 2.38. The number of fused-ring (bicyclic) bond motifs is 2. The minimum Gasteiger partial charge on any atom is -0.388 e. The summed E-state index contributed by atoms with van der Waals surface area (Å²) in [4.78, 5) is 29.9. The van der Waals surface area contributed by atoms with Crippen LogP contribution in [0.5, 0.6) is 0 Å². The molecule has 6 nitrogen and oxygen atoms in total. The molecule has 1 aliphatic rings. The van der Waals surface area contributed by atoms with Gasteiger partial charge in [0.15, 0.2) is 5.78 Å². The third kappa shape index (κ3) is 4.07. The van der Waals surface area contributed by atoms with Crippen molar-refractivity contribution in [3.8, 4) is 0 Å². The average Bonchev–Trinajstić information content (AvgIpc) is 3.36. The van der Waals surface area contributed by atoms with Gasteiger partial charge in [-0.05, 0) is 47.9 Å². The molecule has 0 bridgehead atoms. The van der Waals surface area contributed by atoms with E-state index in [2.05, 4.69) is 26.2 Å². The maximum absolute atomic E-state index is 14.5. The molecule has 0 fully saturated rings. The maximum Gasteiger partial charge on any atom is 0.274 e. The number of nitrogens with zero attached hydrogens (tertiary/aromatic N) is 2. The zero-order valence-electron chi connectivity index (χ0n) is 17.3. The number of hydrogen-bond donors (Lipinski definition) is 2. The second kappa shape index (κ2) is 8.53. The minimum absolute atomic E-state index is 0.0897. The van der Waals surface area contributed by atoms with E-state index in [4.69, 9.17) is 0 Å². The van der Waals surface area contributed by atoms with Crippen LogP contribution >= 0.6 is 15.9 Å². The number of aliphatic hydroxyl groups is 1. The summed E-state index contributed by atoms with van der Waals surface area (Å²) in [5.74, 6) is -1.66. The second-order valence-corrected chi connectivity index (χ2v) is 9.02. The third-order valence-corrected chi connectivity index (χ3v) is 6.49. The fraction of sp³-hybridized carbons (Fsp3) is 0.160. The summed E-state index contributed by atoms with van der Waals surface area (Å²) in [6.45, 7) is 0. The van der Waals surface area contributed by atoms with Crippen LogP contribution in [0, 0.1) is 11.7 Å². The third-order valence-electron chi connectivity index (χ3n) is 5.99. The first-order chi connectivity index (χ1) is 15.9. The Labute approximate surface area is 197 Å². The number of rotatable bonds is 5. The topological polar surface area (TPSA) is 83.7 Å². The molecule has 2 aromatic carbocycles. The summed E-state index contributed by atoms with van der Waals surface area (Å²) in [6.07, 6.45) is 3.11. The fourth-order valence-electron chi connectivity index (χ4n) is 4.30. The minimum atomic E-state index is -0.708. The number of aliphatic hydroxyl groups excluding tert-OH is 1. The van der Waals surface area contributed by atoms with Crippen molar-refractivity contribution in [2.45, 2.75) is 18.9 Å². The molecule has 2 N–H and O–H groups in total. The monoisotopic (exact) mass is 507 g/mol. The highest BCUT2D eigenvalue weighted by molar-refractivity contribution is 9.10. The van der Waals surface area contributed by atoms with Gasteiger partial charge in [-0.15, -0.1) is 0 Å². The number of pyridine rings is 1. The lowest BCUT2D eigenvalue weighted by Crippen LogP contribution is -2.17. The van der Waals surface area contributed by atoms with E-state index in [0.717, 1.165) is 21.7 Å².